The van der Waals surface area contributed by atoms with Crippen molar-refractivity contribution in [3.8, 4) is 0 Å². The quantitative estimate of drug-likeness (QED) is 0.503. The van der Waals surface area contributed by atoms with Crippen LogP contribution in [0.1, 0.15) is 5.69 Å². The van der Waals surface area contributed by atoms with Crippen LogP contribution in [0.2, 0.25) is 0 Å². The molecule has 5 heteroatoms. The fourth-order valence-electron chi connectivity index (χ4n) is 1.11. The van der Waals surface area contributed by atoms with Crippen molar-refractivity contribution < 1.29 is 4.79 Å². The van der Waals surface area contributed by atoms with E-state index in [1.165, 1.54) is 0 Å². The minimum Gasteiger partial charge on any atom is -0.349 e. The normalized spacial score (nSPS) is 9.93. The second kappa shape index (κ2) is 5.98. The molecular weight excluding hydrogens is 192 g/mol. The fraction of sp³-hybridized carbons (Fsp3) is 0.400. The number of carbonyl (C=O) groups excluding carboxylic acids is 1. The molecule has 82 valence electrons. The third kappa shape index (κ3) is 3.95. The highest BCUT2D eigenvalue weighted by Gasteiger charge is 2.01. The van der Waals surface area contributed by atoms with Gasteiger partial charge in [0.05, 0.1) is 18.8 Å². The number of rotatable bonds is 6. The predicted octanol–water partition coefficient (Wildman–Crippen LogP) is -0.188. The Kier molecular flexibility index (Phi) is 4.56. The molecule has 0 saturated carbocycles. The van der Waals surface area contributed by atoms with Gasteiger partial charge in [0, 0.05) is 19.8 Å². The SMILES string of the molecule is C=CCNCC(=O)NCc1ccnn1C. The number of aromatic nitrogens is 2. The van der Waals surface area contributed by atoms with Gasteiger partial charge in [-0.15, -0.1) is 6.58 Å². The molecule has 15 heavy (non-hydrogen) atoms. The summed E-state index contributed by atoms with van der Waals surface area (Å²) in [4.78, 5) is 11.3. The van der Waals surface area contributed by atoms with Gasteiger partial charge >= 0.3 is 0 Å². The lowest BCUT2D eigenvalue weighted by Crippen LogP contribution is -2.33. The molecule has 1 heterocycles. The summed E-state index contributed by atoms with van der Waals surface area (Å²) >= 11 is 0. The van der Waals surface area contributed by atoms with Crippen LogP contribution in [0.15, 0.2) is 24.9 Å². The van der Waals surface area contributed by atoms with Crippen LogP contribution < -0.4 is 10.6 Å². The van der Waals surface area contributed by atoms with Crippen LogP contribution in [0.4, 0.5) is 0 Å². The molecule has 1 rings (SSSR count). The van der Waals surface area contributed by atoms with Gasteiger partial charge in [-0.1, -0.05) is 6.08 Å². The Bertz CT molecular complexity index is 332. The lowest BCUT2D eigenvalue weighted by molar-refractivity contribution is -0.120. The third-order valence-corrected chi connectivity index (χ3v) is 1.96. The summed E-state index contributed by atoms with van der Waals surface area (Å²) in [5.74, 6) is -0.0296. The van der Waals surface area contributed by atoms with Crippen LogP contribution in [-0.4, -0.2) is 28.8 Å². The summed E-state index contributed by atoms with van der Waals surface area (Å²) in [5.41, 5.74) is 0.979. The van der Waals surface area contributed by atoms with E-state index in [1.807, 2.05) is 13.1 Å². The number of nitrogens with one attached hydrogen (secondary N) is 2. The van der Waals surface area contributed by atoms with Crippen LogP contribution in [-0.2, 0) is 18.4 Å². The van der Waals surface area contributed by atoms with Crippen LogP contribution in [0.5, 0.6) is 0 Å². The van der Waals surface area contributed by atoms with E-state index in [0.717, 1.165) is 5.69 Å². The second-order valence-corrected chi connectivity index (χ2v) is 3.14. The minimum absolute atomic E-state index is 0.0296. The van der Waals surface area contributed by atoms with E-state index in [0.29, 0.717) is 19.6 Å². The van der Waals surface area contributed by atoms with Crippen molar-refractivity contribution in [3.63, 3.8) is 0 Å². The van der Waals surface area contributed by atoms with Gasteiger partial charge in [-0.25, -0.2) is 0 Å². The Morgan fingerprint density at radius 3 is 3.13 bits per heavy atom. The number of nitrogens with zero attached hydrogens (tertiary/aromatic N) is 2. The monoisotopic (exact) mass is 208 g/mol. The van der Waals surface area contributed by atoms with E-state index >= 15 is 0 Å². The largest absolute Gasteiger partial charge is 0.349 e. The predicted molar refractivity (Wildman–Crippen MR) is 58.1 cm³/mol. The Morgan fingerprint density at radius 2 is 2.53 bits per heavy atom. The molecule has 0 spiro atoms. The summed E-state index contributed by atoms with van der Waals surface area (Å²) in [7, 11) is 1.84. The maximum absolute atomic E-state index is 11.3. The number of amides is 1. The van der Waals surface area contributed by atoms with Crippen molar-refractivity contribution in [1.82, 2.24) is 20.4 Å². The smallest absolute Gasteiger partial charge is 0.234 e. The molecule has 0 unspecified atom stereocenters. The van der Waals surface area contributed by atoms with Crippen molar-refractivity contribution in [2.75, 3.05) is 13.1 Å². The maximum Gasteiger partial charge on any atom is 0.234 e. The van der Waals surface area contributed by atoms with Crippen LogP contribution in [0, 0.1) is 0 Å². The first-order chi connectivity index (χ1) is 7.24. The first-order valence-corrected chi connectivity index (χ1v) is 4.79. The molecule has 0 fully saturated rings. The molecule has 0 radical (unpaired) electrons. The van der Waals surface area contributed by atoms with E-state index in [-0.39, 0.29) is 5.91 Å². The molecule has 1 aromatic rings. The summed E-state index contributed by atoms with van der Waals surface area (Å²) < 4.78 is 1.73. The van der Waals surface area contributed by atoms with E-state index in [4.69, 9.17) is 0 Å². The van der Waals surface area contributed by atoms with Gasteiger partial charge in [-0.05, 0) is 6.07 Å². The first kappa shape index (κ1) is 11.5. The lowest BCUT2D eigenvalue weighted by atomic mass is 10.4. The maximum atomic E-state index is 11.3. The Balaban J connectivity index is 2.22. The number of hydrogen-bond donors (Lipinski definition) is 2. The fourth-order valence-corrected chi connectivity index (χ4v) is 1.11. The van der Waals surface area contributed by atoms with Gasteiger partial charge in [-0.2, -0.15) is 5.10 Å². The average molecular weight is 208 g/mol. The zero-order valence-corrected chi connectivity index (χ0v) is 8.86. The third-order valence-electron chi connectivity index (χ3n) is 1.96. The zero-order valence-electron chi connectivity index (χ0n) is 8.86. The molecule has 1 aromatic heterocycles. The number of hydrogen-bond acceptors (Lipinski definition) is 3. The van der Waals surface area contributed by atoms with Crippen molar-refractivity contribution >= 4 is 5.91 Å². The number of aryl methyl sites for hydroxylation is 1. The van der Waals surface area contributed by atoms with Gasteiger partial charge in [-0.3, -0.25) is 9.48 Å². The highest BCUT2D eigenvalue weighted by molar-refractivity contribution is 5.77. The van der Waals surface area contributed by atoms with E-state index in [2.05, 4.69) is 22.3 Å². The van der Waals surface area contributed by atoms with Crippen molar-refractivity contribution in [2.24, 2.45) is 7.05 Å². The molecule has 5 nitrogen and oxygen atoms in total. The van der Waals surface area contributed by atoms with Crippen LogP contribution >= 0.6 is 0 Å². The Hall–Kier alpha value is -1.62. The summed E-state index contributed by atoms with van der Waals surface area (Å²) in [6, 6.07) is 1.87. The molecule has 0 aromatic carbocycles. The zero-order chi connectivity index (χ0) is 11.1. The van der Waals surface area contributed by atoms with Crippen molar-refractivity contribution in [3.05, 3.63) is 30.6 Å². The molecule has 0 aliphatic heterocycles. The summed E-state index contributed by atoms with van der Waals surface area (Å²) in [5, 5.41) is 9.72. The van der Waals surface area contributed by atoms with E-state index in [1.54, 1.807) is 17.0 Å². The summed E-state index contributed by atoms with van der Waals surface area (Å²) in [6.45, 7) is 5.00. The van der Waals surface area contributed by atoms with E-state index in [9.17, 15) is 4.79 Å². The van der Waals surface area contributed by atoms with Gasteiger partial charge in [0.2, 0.25) is 5.91 Å². The van der Waals surface area contributed by atoms with Crippen LogP contribution in [0.25, 0.3) is 0 Å². The molecule has 2 N–H and O–H groups in total. The average Bonchev–Trinajstić information content (AvgIpc) is 2.61. The second-order valence-electron chi connectivity index (χ2n) is 3.14. The van der Waals surface area contributed by atoms with Gasteiger partial charge < -0.3 is 10.6 Å². The van der Waals surface area contributed by atoms with Crippen molar-refractivity contribution in [1.29, 1.82) is 0 Å². The molecular formula is C10H16N4O. The highest BCUT2D eigenvalue weighted by atomic mass is 16.1. The number of carbonyl (C=O) groups is 1. The van der Waals surface area contributed by atoms with Crippen molar-refractivity contribution in [2.45, 2.75) is 6.54 Å². The molecule has 0 atom stereocenters. The Morgan fingerprint density at radius 1 is 1.73 bits per heavy atom. The van der Waals surface area contributed by atoms with Gasteiger partial charge in [0.15, 0.2) is 0 Å². The van der Waals surface area contributed by atoms with Crippen LogP contribution in [0.3, 0.4) is 0 Å². The Labute approximate surface area is 89.2 Å². The lowest BCUT2D eigenvalue weighted by Gasteiger charge is -2.05. The molecule has 0 bridgehead atoms. The molecule has 0 aliphatic rings. The standard InChI is InChI=1S/C10H16N4O/c1-3-5-11-8-10(15)12-7-9-4-6-13-14(9)2/h3-4,6,11H,1,5,7-8H2,2H3,(H,12,15). The molecule has 0 saturated heterocycles. The minimum atomic E-state index is -0.0296. The van der Waals surface area contributed by atoms with E-state index < -0.39 is 0 Å². The van der Waals surface area contributed by atoms with Gasteiger partial charge in [0.1, 0.15) is 0 Å². The molecule has 1 amide bonds. The topological polar surface area (TPSA) is 59.0 Å². The first-order valence-electron chi connectivity index (χ1n) is 4.79. The molecule has 0 aliphatic carbocycles. The summed E-state index contributed by atoms with van der Waals surface area (Å²) in [6.07, 6.45) is 3.42. The van der Waals surface area contributed by atoms with Gasteiger partial charge in [0.25, 0.3) is 0 Å². The highest BCUT2D eigenvalue weighted by Crippen LogP contribution is 1.94.